The van der Waals surface area contributed by atoms with E-state index in [1.54, 1.807) is 0 Å². The van der Waals surface area contributed by atoms with Crippen molar-refractivity contribution in [3.8, 4) is 0 Å². The predicted octanol–water partition coefficient (Wildman–Crippen LogP) is 4.37. The van der Waals surface area contributed by atoms with E-state index in [2.05, 4.69) is 53.2 Å². The molecule has 0 aliphatic rings. The predicted molar refractivity (Wildman–Crippen MR) is 117 cm³/mol. The number of carbonyl (C=O) groups is 2. The van der Waals surface area contributed by atoms with Gasteiger partial charge in [-0.25, -0.2) is 14.8 Å². The highest BCUT2D eigenvalue weighted by molar-refractivity contribution is 6.01. The van der Waals surface area contributed by atoms with Gasteiger partial charge in [-0.15, -0.1) is 0 Å². The Balaban J connectivity index is 2.30. The zero-order chi connectivity index (χ0) is 21.2. The monoisotopic (exact) mass is 397 g/mol. The van der Waals surface area contributed by atoms with Gasteiger partial charge in [0.05, 0.1) is 29.5 Å². The highest BCUT2D eigenvalue weighted by Crippen LogP contribution is 2.29. The van der Waals surface area contributed by atoms with E-state index >= 15 is 0 Å². The molecule has 7 nitrogen and oxygen atoms in total. The van der Waals surface area contributed by atoms with Crippen LogP contribution in [0.5, 0.6) is 0 Å². The number of urea groups is 1. The Kier molecular flexibility index (Phi) is 8.58. The third kappa shape index (κ3) is 7.52. The minimum atomic E-state index is -0.359. The summed E-state index contributed by atoms with van der Waals surface area (Å²) < 4.78 is 0. The van der Waals surface area contributed by atoms with Gasteiger partial charge in [0.25, 0.3) is 0 Å². The van der Waals surface area contributed by atoms with Crippen LogP contribution in [0.15, 0.2) is 36.9 Å². The molecule has 2 amide bonds. The van der Waals surface area contributed by atoms with Gasteiger partial charge in [-0.05, 0) is 36.0 Å². The molecule has 0 saturated heterocycles. The summed E-state index contributed by atoms with van der Waals surface area (Å²) in [6, 6.07) is 5.66. The number of aryl methyl sites for hydroxylation is 1. The molecule has 1 aromatic carbocycles. The normalized spacial score (nSPS) is 10.8. The Morgan fingerprint density at radius 2 is 1.72 bits per heavy atom. The summed E-state index contributed by atoms with van der Waals surface area (Å²) in [5, 5.41) is 5.72. The third-order valence-electron chi connectivity index (χ3n) is 4.19. The fraction of sp³-hybridized carbons (Fsp3) is 0.455. The number of benzene rings is 1. The highest BCUT2D eigenvalue weighted by Gasteiger charge is 2.17. The molecule has 7 heteroatoms. The Morgan fingerprint density at radius 3 is 2.31 bits per heavy atom. The fourth-order valence-corrected chi connectivity index (χ4v) is 3.14. The Hall–Kier alpha value is -2.96. The van der Waals surface area contributed by atoms with Crippen LogP contribution in [0.1, 0.15) is 39.7 Å². The molecule has 2 rings (SSSR count). The summed E-state index contributed by atoms with van der Waals surface area (Å²) in [5.41, 5.74) is 3.23. The average Bonchev–Trinajstić information content (AvgIpc) is 2.66. The van der Waals surface area contributed by atoms with Crippen LogP contribution < -0.4 is 15.5 Å². The zero-order valence-electron chi connectivity index (χ0n) is 17.7. The molecule has 29 heavy (non-hydrogen) atoms. The van der Waals surface area contributed by atoms with Crippen molar-refractivity contribution in [3.63, 3.8) is 0 Å². The molecule has 0 fully saturated rings. The van der Waals surface area contributed by atoms with Crippen molar-refractivity contribution in [2.24, 2.45) is 11.8 Å². The number of anilines is 3. The lowest BCUT2D eigenvalue weighted by Gasteiger charge is -2.30. The molecule has 1 aromatic heterocycles. The van der Waals surface area contributed by atoms with Crippen molar-refractivity contribution in [3.05, 3.63) is 42.5 Å². The van der Waals surface area contributed by atoms with Gasteiger partial charge in [-0.1, -0.05) is 33.8 Å². The van der Waals surface area contributed by atoms with Gasteiger partial charge in [-0.3, -0.25) is 0 Å². The maximum absolute atomic E-state index is 12.6. The average molecular weight is 398 g/mol. The molecule has 2 aromatic rings. The number of carbonyl (C=O) groups excluding carboxylic acids is 2. The molecular weight excluding hydrogens is 366 g/mol. The quantitative estimate of drug-likeness (QED) is 0.581. The van der Waals surface area contributed by atoms with Crippen LogP contribution in [0.25, 0.3) is 0 Å². The van der Waals surface area contributed by atoms with Gasteiger partial charge in [0.2, 0.25) is 0 Å². The molecule has 0 spiro atoms. The van der Waals surface area contributed by atoms with Gasteiger partial charge in [0.15, 0.2) is 0 Å². The second-order valence-electron chi connectivity index (χ2n) is 7.96. The third-order valence-corrected chi connectivity index (χ3v) is 4.19. The summed E-state index contributed by atoms with van der Waals surface area (Å²) in [6.45, 7) is 10.5. The van der Waals surface area contributed by atoms with E-state index < -0.39 is 0 Å². The summed E-state index contributed by atoms with van der Waals surface area (Å²) in [4.78, 5) is 33.5. The minimum Gasteiger partial charge on any atom is -0.369 e. The smallest absolute Gasteiger partial charge is 0.323 e. The first-order valence-electron chi connectivity index (χ1n) is 10.0. The van der Waals surface area contributed by atoms with Gasteiger partial charge >= 0.3 is 6.03 Å². The van der Waals surface area contributed by atoms with E-state index in [9.17, 15) is 9.59 Å². The van der Waals surface area contributed by atoms with E-state index in [1.807, 2.05) is 18.2 Å². The largest absolute Gasteiger partial charge is 0.369 e. The molecule has 0 aliphatic heterocycles. The summed E-state index contributed by atoms with van der Waals surface area (Å²) in [7, 11) is 0. The Labute approximate surface area is 172 Å². The maximum Gasteiger partial charge on any atom is 0.323 e. The molecule has 156 valence electrons. The van der Waals surface area contributed by atoms with Gasteiger partial charge in [0.1, 0.15) is 12.6 Å². The number of nitrogens with zero attached hydrogens (tertiary/aromatic N) is 3. The highest BCUT2D eigenvalue weighted by atomic mass is 16.2. The second kappa shape index (κ2) is 11.1. The van der Waals surface area contributed by atoms with Gasteiger partial charge in [0, 0.05) is 19.5 Å². The van der Waals surface area contributed by atoms with Crippen molar-refractivity contribution < 1.29 is 9.59 Å². The molecule has 0 unspecified atom stereocenters. The molecule has 0 atom stereocenters. The Morgan fingerprint density at radius 1 is 1.07 bits per heavy atom. The van der Waals surface area contributed by atoms with Crippen molar-refractivity contribution >= 4 is 29.4 Å². The van der Waals surface area contributed by atoms with E-state index in [-0.39, 0.29) is 6.03 Å². The van der Waals surface area contributed by atoms with Crippen molar-refractivity contribution in [2.75, 3.05) is 28.6 Å². The number of hydrogen-bond donors (Lipinski definition) is 2. The van der Waals surface area contributed by atoms with Crippen molar-refractivity contribution in [2.45, 2.75) is 40.5 Å². The maximum atomic E-state index is 12.6. The van der Waals surface area contributed by atoms with Gasteiger partial charge in [-0.2, -0.15) is 0 Å². The number of aromatic nitrogens is 2. The number of amides is 2. The number of aldehydes is 1. The minimum absolute atomic E-state index is 0.359. The van der Waals surface area contributed by atoms with Crippen LogP contribution >= 0.6 is 0 Å². The second-order valence-corrected chi connectivity index (χ2v) is 7.96. The number of rotatable bonds is 10. The first-order chi connectivity index (χ1) is 13.9. The van der Waals surface area contributed by atoms with E-state index in [0.29, 0.717) is 30.4 Å². The molecule has 2 N–H and O–H groups in total. The molecule has 0 bridgehead atoms. The van der Waals surface area contributed by atoms with Crippen LogP contribution in [0, 0.1) is 11.8 Å². The van der Waals surface area contributed by atoms with E-state index in [0.717, 1.165) is 36.3 Å². The van der Waals surface area contributed by atoms with Crippen LogP contribution in [0.4, 0.5) is 21.9 Å². The van der Waals surface area contributed by atoms with E-state index in [1.165, 1.54) is 18.7 Å². The topological polar surface area (TPSA) is 87.2 Å². The van der Waals surface area contributed by atoms with Crippen LogP contribution in [-0.4, -0.2) is 35.4 Å². The zero-order valence-corrected chi connectivity index (χ0v) is 17.7. The molecule has 0 aliphatic carbocycles. The SMILES string of the molecule is CC(C)CN(CC(C)C)c1ccc(CCC=O)cc1NC(=O)Nc1cncnc1. The Bertz CT molecular complexity index is 783. The molecule has 1 heterocycles. The van der Waals surface area contributed by atoms with E-state index in [4.69, 9.17) is 0 Å². The summed E-state index contributed by atoms with van der Waals surface area (Å²) in [5.74, 6) is 0.957. The lowest BCUT2D eigenvalue weighted by Crippen LogP contribution is -2.32. The molecule has 0 saturated carbocycles. The van der Waals surface area contributed by atoms with Crippen LogP contribution in [0.3, 0.4) is 0 Å². The standard InChI is InChI=1S/C22H31N5O2/c1-16(2)13-27(14-17(3)4)21-8-7-18(6-5-9-28)10-20(21)26-22(29)25-19-11-23-15-24-12-19/h7-12,15-17H,5-6,13-14H2,1-4H3,(H2,25,26,29). The summed E-state index contributed by atoms with van der Waals surface area (Å²) >= 11 is 0. The lowest BCUT2D eigenvalue weighted by molar-refractivity contribution is -0.107. The number of nitrogens with one attached hydrogen (secondary N) is 2. The fourth-order valence-electron chi connectivity index (χ4n) is 3.14. The number of hydrogen-bond acceptors (Lipinski definition) is 5. The first kappa shape index (κ1) is 22.3. The molecular formula is C22H31N5O2. The lowest BCUT2D eigenvalue weighted by atomic mass is 10.1. The van der Waals surface area contributed by atoms with Crippen molar-refractivity contribution in [1.29, 1.82) is 0 Å². The van der Waals surface area contributed by atoms with Crippen molar-refractivity contribution in [1.82, 2.24) is 9.97 Å². The first-order valence-corrected chi connectivity index (χ1v) is 10.0. The van der Waals surface area contributed by atoms with Gasteiger partial charge < -0.3 is 20.3 Å². The van der Waals surface area contributed by atoms with Crippen LogP contribution in [-0.2, 0) is 11.2 Å². The molecule has 0 radical (unpaired) electrons. The summed E-state index contributed by atoms with van der Waals surface area (Å²) in [6.07, 6.45) is 6.49. The van der Waals surface area contributed by atoms with Crippen LogP contribution in [0.2, 0.25) is 0 Å².